The lowest BCUT2D eigenvalue weighted by Crippen LogP contribution is -2.34. The van der Waals surface area contributed by atoms with Gasteiger partial charge in [-0.2, -0.15) is 0 Å². The monoisotopic (exact) mass is 308 g/mol. The molecule has 0 aromatic rings. The van der Waals surface area contributed by atoms with Gasteiger partial charge in [-0.15, -0.1) is 0 Å². The van der Waals surface area contributed by atoms with Crippen molar-refractivity contribution < 1.29 is 24.2 Å². The molecule has 1 saturated heterocycles. The molecule has 22 heavy (non-hydrogen) atoms. The molecule has 0 aromatic heterocycles. The van der Waals surface area contributed by atoms with Crippen molar-refractivity contribution in [3.8, 4) is 0 Å². The van der Waals surface area contributed by atoms with Gasteiger partial charge in [0, 0.05) is 6.42 Å². The second-order valence-electron chi connectivity index (χ2n) is 6.29. The van der Waals surface area contributed by atoms with Crippen LogP contribution in [0.2, 0.25) is 0 Å². The van der Waals surface area contributed by atoms with E-state index in [0.717, 1.165) is 25.7 Å². The molecule has 122 valence electrons. The number of fused-ring (bicyclic) bond motifs is 1. The summed E-state index contributed by atoms with van der Waals surface area (Å²) >= 11 is 0. The Hall–Kier alpha value is -1.65. The molecule has 4 unspecified atom stereocenters. The number of esters is 2. The number of unbranched alkanes of at least 4 members (excludes halogenated alkanes) is 3. The zero-order chi connectivity index (χ0) is 16.1. The summed E-state index contributed by atoms with van der Waals surface area (Å²) in [7, 11) is 0. The first-order chi connectivity index (χ1) is 10.5. The van der Waals surface area contributed by atoms with Crippen LogP contribution in [0, 0.1) is 23.7 Å². The molecule has 2 aliphatic rings. The molecule has 1 aliphatic carbocycles. The minimum absolute atomic E-state index is 0.000857. The topological polar surface area (TPSA) is 80.7 Å². The zero-order valence-corrected chi connectivity index (χ0v) is 13.0. The van der Waals surface area contributed by atoms with Crippen LogP contribution in [0.1, 0.15) is 51.9 Å². The van der Waals surface area contributed by atoms with Crippen LogP contribution < -0.4 is 0 Å². The molecule has 5 heteroatoms. The van der Waals surface area contributed by atoms with Gasteiger partial charge < -0.3 is 9.84 Å². The smallest absolute Gasteiger partial charge is 0.318 e. The summed E-state index contributed by atoms with van der Waals surface area (Å²) in [6.07, 6.45) is 9.68. The minimum Gasteiger partial charge on any atom is -0.481 e. The lowest BCUT2D eigenvalue weighted by atomic mass is 9.69. The van der Waals surface area contributed by atoms with Crippen LogP contribution in [-0.4, -0.2) is 23.0 Å². The molecule has 0 radical (unpaired) electrons. The molecule has 1 fully saturated rings. The third kappa shape index (κ3) is 3.76. The van der Waals surface area contributed by atoms with Gasteiger partial charge in [0.1, 0.15) is 0 Å². The number of hydrogen-bond acceptors (Lipinski definition) is 4. The first-order valence-electron chi connectivity index (χ1n) is 8.20. The second-order valence-corrected chi connectivity index (χ2v) is 6.29. The van der Waals surface area contributed by atoms with Crippen LogP contribution in [0.5, 0.6) is 0 Å². The van der Waals surface area contributed by atoms with Gasteiger partial charge in [-0.3, -0.25) is 14.4 Å². The van der Waals surface area contributed by atoms with Crippen molar-refractivity contribution in [1.82, 2.24) is 0 Å². The highest BCUT2D eigenvalue weighted by Gasteiger charge is 2.52. The van der Waals surface area contributed by atoms with E-state index in [2.05, 4.69) is 6.92 Å². The molecule has 1 N–H and O–H groups in total. The highest BCUT2D eigenvalue weighted by Crippen LogP contribution is 2.43. The van der Waals surface area contributed by atoms with Crippen molar-refractivity contribution in [3.63, 3.8) is 0 Å². The maximum absolute atomic E-state index is 12.0. The van der Waals surface area contributed by atoms with E-state index in [1.54, 1.807) is 0 Å². The number of ether oxygens (including phenoxy) is 1. The molecular weight excluding hydrogens is 284 g/mol. The van der Waals surface area contributed by atoms with Gasteiger partial charge in [-0.1, -0.05) is 44.8 Å². The first kappa shape index (κ1) is 16.7. The quantitative estimate of drug-likeness (QED) is 0.323. The average molecular weight is 308 g/mol. The number of hydrogen-bond donors (Lipinski definition) is 1. The molecule has 0 spiro atoms. The van der Waals surface area contributed by atoms with Gasteiger partial charge in [0.05, 0.1) is 11.8 Å². The second kappa shape index (κ2) is 7.56. The number of rotatable bonds is 8. The van der Waals surface area contributed by atoms with Gasteiger partial charge >= 0.3 is 17.9 Å². The third-order valence-electron chi connectivity index (χ3n) is 4.74. The SMILES string of the molecule is CCCCCCC1C=CC(CCC(=O)O)C2C(=O)OC(=O)C12. The Morgan fingerprint density at radius 3 is 2.18 bits per heavy atom. The number of cyclic esters (lactones) is 2. The van der Waals surface area contributed by atoms with Crippen LogP contribution in [-0.2, 0) is 19.1 Å². The van der Waals surface area contributed by atoms with E-state index in [1.807, 2.05) is 12.2 Å². The van der Waals surface area contributed by atoms with E-state index >= 15 is 0 Å². The first-order valence-corrected chi connectivity index (χ1v) is 8.20. The van der Waals surface area contributed by atoms with Crippen LogP contribution in [0.3, 0.4) is 0 Å². The van der Waals surface area contributed by atoms with Crippen molar-refractivity contribution >= 4 is 17.9 Å². The molecule has 0 saturated carbocycles. The van der Waals surface area contributed by atoms with Crippen molar-refractivity contribution in [2.45, 2.75) is 51.9 Å². The van der Waals surface area contributed by atoms with E-state index in [9.17, 15) is 14.4 Å². The minimum atomic E-state index is -0.885. The van der Waals surface area contributed by atoms with Crippen LogP contribution in [0.25, 0.3) is 0 Å². The molecule has 5 nitrogen and oxygen atoms in total. The Labute approximate surface area is 130 Å². The summed E-state index contributed by atoms with van der Waals surface area (Å²) in [5.74, 6) is -2.86. The molecule has 1 aliphatic heterocycles. The molecule has 2 rings (SSSR count). The molecule has 0 bridgehead atoms. The number of allylic oxidation sites excluding steroid dienone is 2. The number of carbonyl (C=O) groups is 3. The molecule has 1 heterocycles. The maximum atomic E-state index is 12.0. The number of carbonyl (C=O) groups excluding carboxylic acids is 2. The van der Waals surface area contributed by atoms with Gasteiger partial charge in [0.25, 0.3) is 0 Å². The lowest BCUT2D eigenvalue weighted by molar-refractivity contribution is -0.154. The Balaban J connectivity index is 2.04. The molecule has 0 aromatic carbocycles. The van der Waals surface area contributed by atoms with Crippen molar-refractivity contribution in [1.29, 1.82) is 0 Å². The van der Waals surface area contributed by atoms with Crippen molar-refractivity contribution in [3.05, 3.63) is 12.2 Å². The number of aliphatic carboxylic acids is 1. The highest BCUT2D eigenvalue weighted by molar-refractivity contribution is 5.97. The van der Waals surface area contributed by atoms with E-state index in [4.69, 9.17) is 9.84 Å². The van der Waals surface area contributed by atoms with Crippen LogP contribution >= 0.6 is 0 Å². The Morgan fingerprint density at radius 1 is 1.05 bits per heavy atom. The molecule has 4 atom stereocenters. The van der Waals surface area contributed by atoms with Crippen LogP contribution in [0.4, 0.5) is 0 Å². The van der Waals surface area contributed by atoms with E-state index in [0.29, 0.717) is 6.42 Å². The summed E-state index contributed by atoms with van der Waals surface area (Å²) in [6.45, 7) is 2.15. The van der Waals surface area contributed by atoms with Gasteiger partial charge in [-0.05, 0) is 24.7 Å². The fourth-order valence-electron chi connectivity index (χ4n) is 3.58. The highest BCUT2D eigenvalue weighted by atomic mass is 16.6. The summed E-state index contributed by atoms with van der Waals surface area (Å²) in [4.78, 5) is 34.7. The fraction of sp³-hybridized carbons (Fsp3) is 0.706. The van der Waals surface area contributed by atoms with Gasteiger partial charge in [0.2, 0.25) is 0 Å². The maximum Gasteiger partial charge on any atom is 0.318 e. The standard InChI is InChI=1S/C17H24O5/c1-2-3-4-5-6-11-7-8-12(9-10-13(18)19)15-14(11)16(20)22-17(15)21/h7-8,11-12,14-15H,2-6,9-10H2,1H3,(H,18,19). The largest absolute Gasteiger partial charge is 0.481 e. The Morgan fingerprint density at radius 2 is 1.64 bits per heavy atom. The van der Waals surface area contributed by atoms with E-state index < -0.39 is 29.7 Å². The van der Waals surface area contributed by atoms with Gasteiger partial charge in [-0.25, -0.2) is 0 Å². The number of carboxylic acids is 1. The van der Waals surface area contributed by atoms with Gasteiger partial charge in [0.15, 0.2) is 0 Å². The lowest BCUT2D eigenvalue weighted by Gasteiger charge is -2.30. The summed E-state index contributed by atoms with van der Waals surface area (Å²) in [5.41, 5.74) is 0. The summed E-state index contributed by atoms with van der Waals surface area (Å²) in [5, 5.41) is 8.81. The zero-order valence-electron chi connectivity index (χ0n) is 13.0. The molecular formula is C17H24O5. The van der Waals surface area contributed by atoms with Crippen molar-refractivity contribution in [2.24, 2.45) is 23.7 Å². The van der Waals surface area contributed by atoms with E-state index in [1.165, 1.54) is 6.42 Å². The normalized spacial score (nSPS) is 30.2. The molecule has 0 amide bonds. The average Bonchev–Trinajstić information content (AvgIpc) is 2.78. The Kier molecular flexibility index (Phi) is 5.75. The predicted octanol–water partition coefficient (Wildman–Crippen LogP) is 2.94. The predicted molar refractivity (Wildman–Crippen MR) is 79.8 cm³/mol. The Bertz CT molecular complexity index is 468. The number of carboxylic acid groups (broad SMARTS) is 1. The van der Waals surface area contributed by atoms with E-state index in [-0.39, 0.29) is 18.3 Å². The third-order valence-corrected chi connectivity index (χ3v) is 4.74. The summed E-state index contributed by atoms with van der Waals surface area (Å²) in [6, 6.07) is 0. The van der Waals surface area contributed by atoms with Crippen molar-refractivity contribution in [2.75, 3.05) is 0 Å². The van der Waals surface area contributed by atoms with Crippen LogP contribution in [0.15, 0.2) is 12.2 Å². The fourth-order valence-corrected chi connectivity index (χ4v) is 3.58. The summed E-state index contributed by atoms with van der Waals surface area (Å²) < 4.78 is 4.84.